The highest BCUT2D eigenvalue weighted by Crippen LogP contribution is 2.24. The van der Waals surface area contributed by atoms with Crippen LogP contribution >= 0.6 is 11.8 Å². The number of nitrogens with zero attached hydrogens (tertiary/aromatic N) is 1. The number of amides is 1. The third-order valence-electron chi connectivity index (χ3n) is 2.27. The van der Waals surface area contributed by atoms with Crippen molar-refractivity contribution in [2.45, 2.75) is 19.1 Å². The highest BCUT2D eigenvalue weighted by Gasteiger charge is 2.26. The van der Waals surface area contributed by atoms with Gasteiger partial charge in [-0.25, -0.2) is 4.79 Å². The Kier molecular flexibility index (Phi) is 3.90. The molecule has 1 amide bonds. The van der Waals surface area contributed by atoms with E-state index >= 15 is 0 Å². The molecule has 0 bridgehead atoms. The van der Waals surface area contributed by atoms with E-state index < -0.39 is 0 Å². The smallest absolute Gasteiger partial charge is 0.409 e. The molecule has 1 aliphatic heterocycles. The average Bonchev–Trinajstić information content (AvgIpc) is 2.17. The maximum atomic E-state index is 11.2. The van der Waals surface area contributed by atoms with Gasteiger partial charge in [-0.05, 0) is 5.92 Å². The molecular formula is C9H17NO2S. The molecule has 0 aromatic carbocycles. The van der Waals surface area contributed by atoms with Crippen molar-refractivity contribution >= 4 is 17.9 Å². The second-order valence-electron chi connectivity index (χ2n) is 3.57. The first kappa shape index (κ1) is 10.7. The lowest BCUT2D eigenvalue weighted by atomic mass is 10.1. The Morgan fingerprint density at radius 3 is 2.85 bits per heavy atom. The van der Waals surface area contributed by atoms with Crippen molar-refractivity contribution in [2.24, 2.45) is 5.92 Å². The predicted molar refractivity (Wildman–Crippen MR) is 55.1 cm³/mol. The van der Waals surface area contributed by atoms with E-state index in [1.807, 2.05) is 11.8 Å². The molecule has 1 heterocycles. The van der Waals surface area contributed by atoms with Gasteiger partial charge in [0.2, 0.25) is 0 Å². The second-order valence-corrected chi connectivity index (χ2v) is 4.92. The molecule has 0 aromatic rings. The van der Waals surface area contributed by atoms with Crippen LogP contribution in [0.1, 0.15) is 13.8 Å². The van der Waals surface area contributed by atoms with Crippen LogP contribution in [-0.2, 0) is 4.74 Å². The number of rotatable bonds is 1. The minimum absolute atomic E-state index is 0.189. The second kappa shape index (κ2) is 4.74. The van der Waals surface area contributed by atoms with Gasteiger partial charge in [-0.3, -0.25) is 0 Å². The first-order valence-corrected chi connectivity index (χ1v) is 5.64. The number of methoxy groups -OCH3 is 1. The van der Waals surface area contributed by atoms with Crippen LogP contribution < -0.4 is 0 Å². The molecule has 1 aliphatic rings. The van der Waals surface area contributed by atoms with E-state index in [4.69, 9.17) is 4.74 Å². The van der Waals surface area contributed by atoms with Crippen LogP contribution in [0, 0.1) is 5.92 Å². The zero-order valence-electron chi connectivity index (χ0n) is 8.45. The summed E-state index contributed by atoms with van der Waals surface area (Å²) < 4.78 is 4.70. The zero-order valence-corrected chi connectivity index (χ0v) is 9.26. The van der Waals surface area contributed by atoms with Gasteiger partial charge >= 0.3 is 6.09 Å². The third-order valence-corrected chi connectivity index (χ3v) is 3.81. The fourth-order valence-electron chi connectivity index (χ4n) is 1.37. The van der Waals surface area contributed by atoms with Crippen molar-refractivity contribution in [2.75, 3.05) is 26.0 Å². The zero-order chi connectivity index (χ0) is 9.84. The van der Waals surface area contributed by atoms with Crippen molar-refractivity contribution in [1.82, 2.24) is 4.90 Å². The van der Waals surface area contributed by atoms with Gasteiger partial charge in [0, 0.05) is 24.1 Å². The first-order chi connectivity index (χ1) is 6.15. The number of hydrogen-bond donors (Lipinski definition) is 0. The maximum Gasteiger partial charge on any atom is 0.409 e. The molecule has 76 valence electrons. The lowest BCUT2D eigenvalue weighted by Gasteiger charge is -2.33. The van der Waals surface area contributed by atoms with Crippen LogP contribution in [-0.4, -0.2) is 42.2 Å². The number of thioether (sulfide) groups is 1. The van der Waals surface area contributed by atoms with E-state index in [1.54, 1.807) is 4.90 Å². The molecule has 0 aliphatic carbocycles. The van der Waals surface area contributed by atoms with Crippen molar-refractivity contribution in [3.8, 4) is 0 Å². The quantitative estimate of drug-likeness (QED) is 0.651. The minimum atomic E-state index is -0.189. The standard InChI is InChI=1S/C9H17NO2S/c1-7(2)8-6-10(4-5-13-8)9(11)12-3/h7-8H,4-6H2,1-3H3. The van der Waals surface area contributed by atoms with E-state index in [0.29, 0.717) is 11.2 Å². The van der Waals surface area contributed by atoms with Crippen molar-refractivity contribution in [3.05, 3.63) is 0 Å². The number of carbonyl (C=O) groups excluding carboxylic acids is 1. The van der Waals surface area contributed by atoms with E-state index in [2.05, 4.69) is 13.8 Å². The van der Waals surface area contributed by atoms with Gasteiger partial charge in [-0.15, -0.1) is 0 Å². The fourth-order valence-corrected chi connectivity index (χ4v) is 2.67. The summed E-state index contributed by atoms with van der Waals surface area (Å²) in [6, 6.07) is 0. The normalized spacial score (nSPS) is 23.4. The predicted octanol–water partition coefficient (Wildman–Crippen LogP) is 1.83. The van der Waals surface area contributed by atoms with Crippen LogP contribution in [0.5, 0.6) is 0 Å². The van der Waals surface area contributed by atoms with Crippen LogP contribution in [0.2, 0.25) is 0 Å². The molecule has 0 saturated carbocycles. The van der Waals surface area contributed by atoms with Crippen LogP contribution in [0.3, 0.4) is 0 Å². The number of carbonyl (C=O) groups is 1. The third kappa shape index (κ3) is 2.79. The number of ether oxygens (including phenoxy) is 1. The van der Waals surface area contributed by atoms with E-state index in [1.165, 1.54) is 7.11 Å². The van der Waals surface area contributed by atoms with Gasteiger partial charge in [0.25, 0.3) is 0 Å². The summed E-state index contributed by atoms with van der Waals surface area (Å²) in [7, 11) is 1.44. The molecule has 0 aromatic heterocycles. The monoisotopic (exact) mass is 203 g/mol. The van der Waals surface area contributed by atoms with Crippen molar-refractivity contribution in [3.63, 3.8) is 0 Å². The van der Waals surface area contributed by atoms with E-state index in [9.17, 15) is 4.79 Å². The minimum Gasteiger partial charge on any atom is -0.453 e. The van der Waals surface area contributed by atoms with E-state index in [-0.39, 0.29) is 6.09 Å². The molecule has 1 unspecified atom stereocenters. The molecule has 1 rings (SSSR count). The Morgan fingerprint density at radius 1 is 1.62 bits per heavy atom. The molecule has 1 saturated heterocycles. The summed E-state index contributed by atoms with van der Waals surface area (Å²) in [5, 5.41) is 0.563. The lowest BCUT2D eigenvalue weighted by Crippen LogP contribution is -2.43. The molecule has 4 heteroatoms. The topological polar surface area (TPSA) is 29.5 Å². The summed E-state index contributed by atoms with van der Waals surface area (Å²) in [6.45, 7) is 6.03. The van der Waals surface area contributed by atoms with E-state index in [0.717, 1.165) is 18.8 Å². The Balaban J connectivity index is 2.46. The molecule has 13 heavy (non-hydrogen) atoms. The van der Waals surface area contributed by atoms with Gasteiger partial charge in [0.05, 0.1) is 7.11 Å². The average molecular weight is 203 g/mol. The lowest BCUT2D eigenvalue weighted by molar-refractivity contribution is 0.123. The molecule has 3 nitrogen and oxygen atoms in total. The van der Waals surface area contributed by atoms with Crippen LogP contribution in [0.25, 0.3) is 0 Å². The summed E-state index contributed by atoms with van der Waals surface area (Å²) >= 11 is 1.95. The largest absolute Gasteiger partial charge is 0.453 e. The Labute approximate surface area is 83.8 Å². The summed E-state index contributed by atoms with van der Waals surface area (Å²) in [4.78, 5) is 13.0. The Morgan fingerprint density at radius 2 is 2.31 bits per heavy atom. The van der Waals surface area contributed by atoms with Crippen LogP contribution in [0.4, 0.5) is 4.79 Å². The summed E-state index contributed by atoms with van der Waals surface area (Å²) in [6.07, 6.45) is -0.189. The fraction of sp³-hybridized carbons (Fsp3) is 0.889. The molecular weight excluding hydrogens is 186 g/mol. The molecule has 0 spiro atoms. The first-order valence-electron chi connectivity index (χ1n) is 4.59. The highest BCUT2D eigenvalue weighted by molar-refractivity contribution is 8.00. The SMILES string of the molecule is COC(=O)N1CCSC(C(C)C)C1. The number of hydrogen-bond acceptors (Lipinski definition) is 3. The van der Waals surface area contributed by atoms with Gasteiger partial charge < -0.3 is 9.64 Å². The Hall–Kier alpha value is -0.380. The summed E-state index contributed by atoms with van der Waals surface area (Å²) in [5.41, 5.74) is 0. The van der Waals surface area contributed by atoms with Gasteiger partial charge in [0.1, 0.15) is 0 Å². The molecule has 1 atom stereocenters. The van der Waals surface area contributed by atoms with Crippen molar-refractivity contribution < 1.29 is 9.53 Å². The van der Waals surface area contributed by atoms with Gasteiger partial charge in [-0.2, -0.15) is 11.8 Å². The molecule has 0 N–H and O–H groups in total. The maximum absolute atomic E-state index is 11.2. The Bertz CT molecular complexity index is 184. The van der Waals surface area contributed by atoms with Crippen molar-refractivity contribution in [1.29, 1.82) is 0 Å². The molecule has 1 fully saturated rings. The molecule has 0 radical (unpaired) electrons. The van der Waals surface area contributed by atoms with Crippen LogP contribution in [0.15, 0.2) is 0 Å². The highest BCUT2D eigenvalue weighted by atomic mass is 32.2. The van der Waals surface area contributed by atoms with Gasteiger partial charge in [-0.1, -0.05) is 13.8 Å². The summed E-state index contributed by atoms with van der Waals surface area (Å²) in [5.74, 6) is 1.65. The van der Waals surface area contributed by atoms with Gasteiger partial charge in [0.15, 0.2) is 0 Å².